The molecule has 0 aliphatic carbocycles. The number of likely N-dealkylation sites (tertiary alicyclic amines) is 1. The van der Waals surface area contributed by atoms with Gasteiger partial charge in [-0.2, -0.15) is 0 Å². The smallest absolute Gasteiger partial charge is 0.179 e. The zero-order valence-electron chi connectivity index (χ0n) is 13.2. The molecule has 0 saturated carbocycles. The summed E-state index contributed by atoms with van der Waals surface area (Å²) in [6.45, 7) is 6.56. The van der Waals surface area contributed by atoms with E-state index in [9.17, 15) is 0 Å². The van der Waals surface area contributed by atoms with Crippen molar-refractivity contribution >= 4 is 11.6 Å². The van der Waals surface area contributed by atoms with Crippen molar-refractivity contribution < 1.29 is 9.47 Å². The van der Waals surface area contributed by atoms with Crippen LogP contribution in [0.3, 0.4) is 0 Å². The van der Waals surface area contributed by atoms with Gasteiger partial charge in [-0.3, -0.25) is 4.90 Å². The lowest BCUT2D eigenvalue weighted by Gasteiger charge is -2.33. The molecule has 4 nitrogen and oxygen atoms in total. The van der Waals surface area contributed by atoms with E-state index >= 15 is 0 Å². The number of benzene rings is 1. The molecular weight excluding hydrogens is 300 g/mol. The highest BCUT2D eigenvalue weighted by atomic mass is 35.5. The predicted molar refractivity (Wildman–Crippen MR) is 88.7 cm³/mol. The summed E-state index contributed by atoms with van der Waals surface area (Å²) in [6, 6.07) is 4.38. The third kappa shape index (κ3) is 3.67. The molecule has 22 heavy (non-hydrogen) atoms. The van der Waals surface area contributed by atoms with Gasteiger partial charge in [-0.15, -0.1) is 0 Å². The molecule has 0 amide bonds. The highest BCUT2D eigenvalue weighted by Crippen LogP contribution is 2.38. The summed E-state index contributed by atoms with van der Waals surface area (Å²) >= 11 is 6.36. The van der Waals surface area contributed by atoms with Crippen molar-refractivity contribution in [3.63, 3.8) is 0 Å². The molecule has 1 fully saturated rings. The van der Waals surface area contributed by atoms with E-state index in [1.54, 1.807) is 0 Å². The number of nitrogens with zero attached hydrogens (tertiary/aromatic N) is 1. The topological polar surface area (TPSA) is 47.7 Å². The Kier molecular flexibility index (Phi) is 5.11. The van der Waals surface area contributed by atoms with Gasteiger partial charge in [0.05, 0.1) is 18.2 Å². The molecule has 2 N–H and O–H groups in total. The van der Waals surface area contributed by atoms with Crippen LogP contribution < -0.4 is 15.2 Å². The maximum absolute atomic E-state index is 6.36. The summed E-state index contributed by atoms with van der Waals surface area (Å²) in [5.74, 6) is 2.13. The van der Waals surface area contributed by atoms with Crippen molar-refractivity contribution in [2.45, 2.75) is 38.8 Å². The van der Waals surface area contributed by atoms with Crippen molar-refractivity contribution in [1.29, 1.82) is 0 Å². The second-order valence-electron chi connectivity index (χ2n) is 6.43. The van der Waals surface area contributed by atoms with E-state index in [4.69, 9.17) is 26.8 Å². The fourth-order valence-electron chi connectivity index (χ4n) is 3.27. The van der Waals surface area contributed by atoms with Gasteiger partial charge < -0.3 is 15.2 Å². The molecule has 1 unspecified atom stereocenters. The second-order valence-corrected chi connectivity index (χ2v) is 6.84. The van der Waals surface area contributed by atoms with Crippen LogP contribution in [0.4, 0.5) is 0 Å². The normalized spacial score (nSPS) is 21.4. The molecule has 0 spiro atoms. The Morgan fingerprint density at radius 2 is 2.00 bits per heavy atom. The monoisotopic (exact) mass is 324 g/mol. The van der Waals surface area contributed by atoms with Crippen molar-refractivity contribution in [3.05, 3.63) is 22.7 Å². The minimum Gasteiger partial charge on any atom is -0.489 e. The molecule has 122 valence electrons. The van der Waals surface area contributed by atoms with Crippen LogP contribution >= 0.6 is 11.6 Å². The van der Waals surface area contributed by atoms with Crippen LogP contribution in [0.25, 0.3) is 0 Å². The standard InChI is InChI=1S/C17H25ClN2O2/c1-12(19)14-3-5-20(6-4-14)11-13-9-15(18)17-16(10-13)21-7-2-8-22-17/h9-10,12,14H,2-8,11,19H2,1H3. The van der Waals surface area contributed by atoms with Crippen molar-refractivity contribution in [2.24, 2.45) is 11.7 Å². The van der Waals surface area contributed by atoms with Crippen LogP contribution in [0.15, 0.2) is 12.1 Å². The van der Waals surface area contributed by atoms with E-state index in [1.807, 2.05) is 6.07 Å². The molecule has 1 aromatic rings. The minimum atomic E-state index is 0.301. The van der Waals surface area contributed by atoms with Gasteiger partial charge in [0.2, 0.25) is 0 Å². The Morgan fingerprint density at radius 3 is 2.73 bits per heavy atom. The van der Waals surface area contributed by atoms with E-state index in [1.165, 1.54) is 18.4 Å². The summed E-state index contributed by atoms with van der Waals surface area (Å²) in [5, 5.41) is 0.653. The van der Waals surface area contributed by atoms with E-state index in [2.05, 4.69) is 17.9 Å². The molecule has 2 aliphatic rings. The largest absolute Gasteiger partial charge is 0.489 e. The van der Waals surface area contributed by atoms with Crippen LogP contribution in [0.1, 0.15) is 31.7 Å². The highest BCUT2D eigenvalue weighted by Gasteiger charge is 2.23. The van der Waals surface area contributed by atoms with E-state index < -0.39 is 0 Å². The van der Waals surface area contributed by atoms with Gasteiger partial charge in [0.1, 0.15) is 0 Å². The fourth-order valence-corrected chi connectivity index (χ4v) is 3.56. The lowest BCUT2D eigenvalue weighted by atomic mass is 9.91. The molecule has 1 aromatic carbocycles. The Hall–Kier alpha value is -0.970. The zero-order chi connectivity index (χ0) is 15.5. The van der Waals surface area contributed by atoms with Gasteiger partial charge in [0, 0.05) is 19.0 Å². The molecule has 0 bridgehead atoms. The summed E-state index contributed by atoms with van der Waals surface area (Å²) in [4.78, 5) is 2.47. The van der Waals surface area contributed by atoms with Gasteiger partial charge in [0.15, 0.2) is 11.5 Å². The zero-order valence-corrected chi connectivity index (χ0v) is 13.9. The Balaban J connectivity index is 1.66. The quantitative estimate of drug-likeness (QED) is 0.928. The van der Waals surface area contributed by atoms with Crippen molar-refractivity contribution in [1.82, 2.24) is 4.90 Å². The number of nitrogens with two attached hydrogens (primary N) is 1. The Labute approximate surface area is 137 Å². The van der Waals surface area contributed by atoms with E-state index in [0.717, 1.165) is 31.8 Å². The van der Waals surface area contributed by atoms with Gasteiger partial charge in [0.25, 0.3) is 0 Å². The van der Waals surface area contributed by atoms with E-state index in [-0.39, 0.29) is 0 Å². The van der Waals surface area contributed by atoms with Gasteiger partial charge in [-0.25, -0.2) is 0 Å². The maximum atomic E-state index is 6.36. The molecule has 5 heteroatoms. The van der Waals surface area contributed by atoms with Gasteiger partial charge in [-0.05, 0) is 56.5 Å². The number of ether oxygens (including phenoxy) is 2. The van der Waals surface area contributed by atoms with Crippen LogP contribution in [0.2, 0.25) is 5.02 Å². The molecule has 3 rings (SSSR count). The third-order valence-corrected chi connectivity index (χ3v) is 4.92. The molecule has 1 saturated heterocycles. The lowest BCUT2D eigenvalue weighted by Crippen LogP contribution is -2.39. The average Bonchev–Trinajstić information content (AvgIpc) is 2.73. The molecule has 2 aliphatic heterocycles. The van der Waals surface area contributed by atoms with Gasteiger partial charge in [-0.1, -0.05) is 11.6 Å². The molecule has 2 heterocycles. The maximum Gasteiger partial charge on any atom is 0.179 e. The van der Waals surface area contributed by atoms with E-state index in [0.29, 0.717) is 35.9 Å². The van der Waals surface area contributed by atoms with Crippen molar-refractivity contribution in [3.8, 4) is 11.5 Å². The number of fused-ring (bicyclic) bond motifs is 1. The molecule has 0 radical (unpaired) electrons. The molecule has 0 aromatic heterocycles. The first-order valence-electron chi connectivity index (χ1n) is 8.19. The first kappa shape index (κ1) is 15.9. The number of hydrogen-bond donors (Lipinski definition) is 1. The SMILES string of the molecule is CC(N)C1CCN(Cc2cc(Cl)c3c(c2)OCCCO3)CC1. The molecular formula is C17H25ClN2O2. The summed E-state index contributed by atoms with van der Waals surface area (Å²) in [6.07, 6.45) is 3.25. The lowest BCUT2D eigenvalue weighted by molar-refractivity contribution is 0.165. The highest BCUT2D eigenvalue weighted by molar-refractivity contribution is 6.32. The number of hydrogen-bond acceptors (Lipinski definition) is 4. The van der Waals surface area contributed by atoms with Crippen LogP contribution in [0, 0.1) is 5.92 Å². The Bertz CT molecular complexity index is 514. The predicted octanol–water partition coefficient (Wildman–Crippen LogP) is 3.06. The second kappa shape index (κ2) is 7.07. The number of halogens is 1. The first-order valence-corrected chi connectivity index (χ1v) is 8.57. The average molecular weight is 325 g/mol. The van der Waals surface area contributed by atoms with Crippen LogP contribution in [-0.4, -0.2) is 37.2 Å². The summed E-state index contributed by atoms with van der Waals surface area (Å²) in [7, 11) is 0. The Morgan fingerprint density at radius 1 is 1.27 bits per heavy atom. The minimum absolute atomic E-state index is 0.301. The van der Waals surface area contributed by atoms with Gasteiger partial charge >= 0.3 is 0 Å². The van der Waals surface area contributed by atoms with Crippen molar-refractivity contribution in [2.75, 3.05) is 26.3 Å². The third-order valence-electron chi connectivity index (χ3n) is 4.64. The summed E-state index contributed by atoms with van der Waals surface area (Å²) in [5.41, 5.74) is 7.20. The summed E-state index contributed by atoms with van der Waals surface area (Å²) < 4.78 is 11.4. The fraction of sp³-hybridized carbons (Fsp3) is 0.647. The van der Waals surface area contributed by atoms with Crippen LogP contribution in [-0.2, 0) is 6.54 Å². The first-order chi connectivity index (χ1) is 10.6. The number of rotatable bonds is 3. The molecule has 1 atom stereocenters. The van der Waals surface area contributed by atoms with Crippen LogP contribution in [0.5, 0.6) is 11.5 Å². The number of piperidine rings is 1.